The Bertz CT molecular complexity index is 390. The van der Waals surface area contributed by atoms with E-state index in [1.807, 2.05) is 0 Å². The van der Waals surface area contributed by atoms with Gasteiger partial charge in [-0.05, 0) is 34.6 Å². The van der Waals surface area contributed by atoms with Crippen molar-refractivity contribution in [3.63, 3.8) is 0 Å². The van der Waals surface area contributed by atoms with Gasteiger partial charge in [-0.1, -0.05) is 0 Å². The van der Waals surface area contributed by atoms with Gasteiger partial charge in [0.25, 0.3) is 0 Å². The van der Waals surface area contributed by atoms with Crippen LogP contribution in [0.25, 0.3) is 0 Å². The Labute approximate surface area is 132 Å². The molecule has 0 aliphatic heterocycles. The van der Waals surface area contributed by atoms with Crippen molar-refractivity contribution in [1.82, 2.24) is 9.80 Å². The van der Waals surface area contributed by atoms with Crippen LogP contribution in [-0.2, 0) is 14.3 Å². The molecule has 22 heavy (non-hydrogen) atoms. The van der Waals surface area contributed by atoms with Gasteiger partial charge < -0.3 is 24.1 Å². The molecule has 7 heteroatoms. The van der Waals surface area contributed by atoms with E-state index in [1.165, 1.54) is 9.80 Å². The van der Waals surface area contributed by atoms with Gasteiger partial charge in [0, 0.05) is 27.2 Å². The molecule has 128 valence electrons. The van der Waals surface area contributed by atoms with Crippen LogP contribution in [0.5, 0.6) is 0 Å². The SMILES string of the molecule is CC(C)OC(=O)N(C)CC(C=O)CN(C)C(=O)OC(C)(C)C. The predicted molar refractivity (Wildman–Crippen MR) is 82.7 cm³/mol. The Morgan fingerprint density at radius 2 is 1.50 bits per heavy atom. The summed E-state index contributed by atoms with van der Waals surface area (Å²) in [5, 5.41) is 0. The topological polar surface area (TPSA) is 76.2 Å². The summed E-state index contributed by atoms with van der Waals surface area (Å²) in [7, 11) is 3.10. The number of carbonyl (C=O) groups is 3. The normalized spacial score (nSPS) is 12.5. The molecule has 0 heterocycles. The molecule has 1 atom stereocenters. The van der Waals surface area contributed by atoms with E-state index in [9.17, 15) is 14.4 Å². The van der Waals surface area contributed by atoms with Crippen LogP contribution in [0.3, 0.4) is 0 Å². The summed E-state index contributed by atoms with van der Waals surface area (Å²) < 4.78 is 10.3. The molecule has 0 spiro atoms. The lowest BCUT2D eigenvalue weighted by molar-refractivity contribution is -0.111. The van der Waals surface area contributed by atoms with Crippen LogP contribution in [-0.4, -0.2) is 67.2 Å². The molecule has 0 saturated heterocycles. The van der Waals surface area contributed by atoms with E-state index in [1.54, 1.807) is 48.7 Å². The fraction of sp³-hybridized carbons (Fsp3) is 0.800. The van der Waals surface area contributed by atoms with Gasteiger partial charge in [-0.2, -0.15) is 0 Å². The van der Waals surface area contributed by atoms with Crippen molar-refractivity contribution in [2.45, 2.75) is 46.3 Å². The van der Waals surface area contributed by atoms with Crippen molar-refractivity contribution in [2.24, 2.45) is 5.92 Å². The number of aldehydes is 1. The average Bonchev–Trinajstić information content (AvgIpc) is 2.34. The molecule has 0 rings (SSSR count). The maximum absolute atomic E-state index is 11.9. The largest absolute Gasteiger partial charge is 0.447 e. The molecular formula is C15H28N2O5. The van der Waals surface area contributed by atoms with E-state index in [0.717, 1.165) is 6.29 Å². The number of amides is 2. The van der Waals surface area contributed by atoms with Crippen molar-refractivity contribution in [3.8, 4) is 0 Å². The minimum Gasteiger partial charge on any atom is -0.447 e. The first kappa shape index (κ1) is 20.2. The third-order valence-corrected chi connectivity index (χ3v) is 2.56. The second-order valence-electron chi connectivity index (χ2n) is 6.57. The summed E-state index contributed by atoms with van der Waals surface area (Å²) in [5.41, 5.74) is -0.597. The third kappa shape index (κ3) is 8.49. The standard InChI is InChI=1S/C15H28N2O5/c1-11(2)21-13(19)16(6)8-12(10-18)9-17(7)14(20)22-15(3,4)5/h10-12H,8-9H2,1-7H3. The third-order valence-electron chi connectivity index (χ3n) is 2.56. The second kappa shape index (κ2) is 8.60. The highest BCUT2D eigenvalue weighted by atomic mass is 16.6. The summed E-state index contributed by atoms with van der Waals surface area (Å²) in [6, 6.07) is 0. The van der Waals surface area contributed by atoms with Crippen LogP contribution in [0.4, 0.5) is 9.59 Å². The lowest BCUT2D eigenvalue weighted by Crippen LogP contribution is -2.41. The number of carbonyl (C=O) groups excluding carboxylic acids is 3. The monoisotopic (exact) mass is 316 g/mol. The molecule has 1 unspecified atom stereocenters. The van der Waals surface area contributed by atoms with Crippen LogP contribution in [0.2, 0.25) is 0 Å². The van der Waals surface area contributed by atoms with E-state index in [4.69, 9.17) is 9.47 Å². The summed E-state index contributed by atoms with van der Waals surface area (Å²) in [6.45, 7) is 9.14. The van der Waals surface area contributed by atoms with Gasteiger partial charge in [-0.25, -0.2) is 9.59 Å². The van der Waals surface area contributed by atoms with Crippen LogP contribution in [0.15, 0.2) is 0 Å². The van der Waals surface area contributed by atoms with Crippen LogP contribution < -0.4 is 0 Å². The highest BCUT2D eigenvalue weighted by Crippen LogP contribution is 2.10. The van der Waals surface area contributed by atoms with Crippen LogP contribution in [0.1, 0.15) is 34.6 Å². The van der Waals surface area contributed by atoms with E-state index in [-0.39, 0.29) is 19.2 Å². The lowest BCUT2D eigenvalue weighted by Gasteiger charge is -2.27. The highest BCUT2D eigenvalue weighted by molar-refractivity contribution is 5.69. The van der Waals surface area contributed by atoms with Crippen LogP contribution >= 0.6 is 0 Å². The van der Waals surface area contributed by atoms with Gasteiger partial charge in [0.1, 0.15) is 11.9 Å². The first-order valence-corrected chi connectivity index (χ1v) is 7.27. The van der Waals surface area contributed by atoms with E-state index < -0.39 is 23.7 Å². The number of nitrogens with zero attached hydrogens (tertiary/aromatic N) is 2. The minimum absolute atomic E-state index is 0.164. The minimum atomic E-state index is -0.597. The molecule has 0 bridgehead atoms. The molecule has 0 aliphatic carbocycles. The van der Waals surface area contributed by atoms with E-state index >= 15 is 0 Å². The van der Waals surface area contributed by atoms with Crippen molar-refractivity contribution >= 4 is 18.5 Å². The van der Waals surface area contributed by atoms with Crippen molar-refractivity contribution < 1.29 is 23.9 Å². The molecule has 0 aliphatic rings. The summed E-state index contributed by atoms with van der Waals surface area (Å²) >= 11 is 0. The summed E-state index contributed by atoms with van der Waals surface area (Å²) in [5.74, 6) is -0.512. The zero-order valence-electron chi connectivity index (χ0n) is 14.6. The molecule has 7 nitrogen and oxygen atoms in total. The Hall–Kier alpha value is -1.79. The predicted octanol–water partition coefficient (Wildman–Crippen LogP) is 2.15. The Kier molecular flexibility index (Phi) is 7.90. The zero-order valence-corrected chi connectivity index (χ0v) is 14.6. The van der Waals surface area contributed by atoms with E-state index in [0.29, 0.717) is 0 Å². The van der Waals surface area contributed by atoms with Gasteiger partial charge in [0.15, 0.2) is 0 Å². The van der Waals surface area contributed by atoms with Crippen molar-refractivity contribution in [1.29, 1.82) is 0 Å². The Morgan fingerprint density at radius 3 is 1.86 bits per heavy atom. The quantitative estimate of drug-likeness (QED) is 0.702. The maximum Gasteiger partial charge on any atom is 0.410 e. The zero-order chi connectivity index (χ0) is 17.5. The van der Waals surface area contributed by atoms with Crippen LogP contribution in [0, 0.1) is 5.92 Å². The molecule has 0 N–H and O–H groups in total. The fourth-order valence-corrected chi connectivity index (χ4v) is 1.63. The number of ether oxygens (including phenoxy) is 2. The molecule has 0 aromatic rings. The van der Waals surface area contributed by atoms with Gasteiger partial charge >= 0.3 is 12.2 Å². The number of hydrogen-bond acceptors (Lipinski definition) is 5. The second-order valence-corrected chi connectivity index (χ2v) is 6.57. The maximum atomic E-state index is 11.9. The first-order valence-electron chi connectivity index (χ1n) is 7.27. The molecule has 0 saturated carbocycles. The lowest BCUT2D eigenvalue weighted by atomic mass is 10.1. The first-order chi connectivity index (χ1) is 9.96. The molecule has 0 radical (unpaired) electrons. The highest BCUT2D eigenvalue weighted by Gasteiger charge is 2.24. The Balaban J connectivity index is 4.50. The molecule has 0 aromatic carbocycles. The number of hydrogen-bond donors (Lipinski definition) is 0. The molecule has 0 fully saturated rings. The van der Waals surface area contributed by atoms with Gasteiger partial charge in [-0.3, -0.25) is 0 Å². The van der Waals surface area contributed by atoms with Gasteiger partial charge in [-0.15, -0.1) is 0 Å². The fourth-order valence-electron chi connectivity index (χ4n) is 1.63. The smallest absolute Gasteiger partial charge is 0.410 e. The average molecular weight is 316 g/mol. The van der Waals surface area contributed by atoms with E-state index in [2.05, 4.69) is 0 Å². The van der Waals surface area contributed by atoms with Gasteiger partial charge in [0.2, 0.25) is 0 Å². The summed E-state index contributed by atoms with van der Waals surface area (Å²) in [6.07, 6.45) is -0.511. The van der Waals surface area contributed by atoms with Crippen molar-refractivity contribution in [3.05, 3.63) is 0 Å². The molecular weight excluding hydrogens is 288 g/mol. The van der Waals surface area contributed by atoms with Gasteiger partial charge in [0.05, 0.1) is 12.0 Å². The Morgan fingerprint density at radius 1 is 1.05 bits per heavy atom. The summed E-state index contributed by atoms with van der Waals surface area (Å²) in [4.78, 5) is 37.4. The molecule has 0 aromatic heterocycles. The number of rotatable bonds is 6. The van der Waals surface area contributed by atoms with Crippen molar-refractivity contribution in [2.75, 3.05) is 27.2 Å². The molecule has 2 amide bonds.